The van der Waals surface area contributed by atoms with Crippen LogP contribution in [0.15, 0.2) is 36.0 Å². The van der Waals surface area contributed by atoms with Gasteiger partial charge in [-0.05, 0) is 38.5 Å². The van der Waals surface area contributed by atoms with Crippen molar-refractivity contribution in [2.45, 2.75) is 26.4 Å². The number of hydrogen-bond acceptors (Lipinski definition) is 6. The minimum atomic E-state index is -0.580. The highest BCUT2D eigenvalue weighted by Crippen LogP contribution is 2.37. The zero-order chi connectivity index (χ0) is 18.0. The Bertz CT molecular complexity index is 901. The van der Waals surface area contributed by atoms with E-state index in [1.165, 1.54) is 29.8 Å². The van der Waals surface area contributed by atoms with Gasteiger partial charge in [-0.25, -0.2) is 19.2 Å². The molecule has 5 nitrogen and oxygen atoms in total. The van der Waals surface area contributed by atoms with Gasteiger partial charge in [0.25, 0.3) is 0 Å². The maximum absolute atomic E-state index is 13.2. The standard InChI is InChI=1S/C18H17FN2O3S/c1-18(2,3)24-14(22)8-23-16-15-13(9-25-17(15)21-10-20-16)11-4-6-12(19)7-5-11/h4-7,9-10H,8H2,1-3H3. The number of thiophene rings is 1. The topological polar surface area (TPSA) is 61.3 Å². The summed E-state index contributed by atoms with van der Waals surface area (Å²) >= 11 is 1.43. The molecule has 2 aromatic heterocycles. The number of carbonyl (C=O) groups is 1. The molecule has 0 saturated carbocycles. The molecular weight excluding hydrogens is 343 g/mol. The highest BCUT2D eigenvalue weighted by Gasteiger charge is 2.19. The molecule has 0 unspecified atom stereocenters. The first-order valence-corrected chi connectivity index (χ1v) is 8.54. The molecule has 0 amide bonds. The molecule has 0 aliphatic heterocycles. The van der Waals surface area contributed by atoms with E-state index in [4.69, 9.17) is 9.47 Å². The number of nitrogens with zero attached hydrogens (tertiary/aromatic N) is 2. The van der Waals surface area contributed by atoms with E-state index in [1.807, 2.05) is 5.38 Å². The van der Waals surface area contributed by atoms with Gasteiger partial charge in [-0.1, -0.05) is 12.1 Å². The van der Waals surface area contributed by atoms with Crippen molar-refractivity contribution in [3.05, 3.63) is 41.8 Å². The fourth-order valence-electron chi connectivity index (χ4n) is 2.30. The maximum atomic E-state index is 13.2. The lowest BCUT2D eigenvalue weighted by Crippen LogP contribution is -2.27. The Morgan fingerprint density at radius 2 is 1.92 bits per heavy atom. The second-order valence-corrected chi connectivity index (χ2v) is 7.25. The number of rotatable bonds is 4. The predicted molar refractivity (Wildman–Crippen MR) is 94.1 cm³/mol. The molecule has 130 valence electrons. The van der Waals surface area contributed by atoms with Crippen molar-refractivity contribution in [3.63, 3.8) is 0 Å². The number of aromatic nitrogens is 2. The summed E-state index contributed by atoms with van der Waals surface area (Å²) in [4.78, 5) is 21.0. The molecule has 0 fully saturated rings. The van der Waals surface area contributed by atoms with E-state index in [0.29, 0.717) is 11.3 Å². The van der Waals surface area contributed by atoms with Crippen molar-refractivity contribution in [3.8, 4) is 17.0 Å². The monoisotopic (exact) mass is 360 g/mol. The number of benzene rings is 1. The summed E-state index contributed by atoms with van der Waals surface area (Å²) < 4.78 is 24.0. The number of hydrogen-bond donors (Lipinski definition) is 0. The van der Waals surface area contributed by atoms with Crippen molar-refractivity contribution < 1.29 is 18.7 Å². The summed E-state index contributed by atoms with van der Waals surface area (Å²) in [5.41, 5.74) is 1.08. The van der Waals surface area contributed by atoms with Crippen LogP contribution in [-0.4, -0.2) is 28.1 Å². The summed E-state index contributed by atoms with van der Waals surface area (Å²) in [7, 11) is 0. The average Bonchev–Trinajstić information content (AvgIpc) is 2.97. The number of esters is 1. The second kappa shape index (κ2) is 6.76. The van der Waals surface area contributed by atoms with Gasteiger partial charge < -0.3 is 9.47 Å². The Morgan fingerprint density at radius 3 is 2.60 bits per heavy atom. The molecule has 1 aromatic carbocycles. The van der Waals surface area contributed by atoms with Crippen LogP contribution < -0.4 is 4.74 Å². The molecular formula is C18H17FN2O3S. The lowest BCUT2D eigenvalue weighted by molar-refractivity contribution is -0.157. The SMILES string of the molecule is CC(C)(C)OC(=O)COc1ncnc2scc(-c3ccc(F)cc3)c12. The summed E-state index contributed by atoms with van der Waals surface area (Å²) in [6, 6.07) is 6.15. The van der Waals surface area contributed by atoms with E-state index in [0.717, 1.165) is 16.0 Å². The summed E-state index contributed by atoms with van der Waals surface area (Å²) in [6.45, 7) is 5.13. The highest BCUT2D eigenvalue weighted by atomic mass is 32.1. The van der Waals surface area contributed by atoms with E-state index in [9.17, 15) is 9.18 Å². The lowest BCUT2D eigenvalue weighted by atomic mass is 10.1. The highest BCUT2D eigenvalue weighted by molar-refractivity contribution is 7.17. The van der Waals surface area contributed by atoms with Crippen molar-refractivity contribution >= 4 is 27.5 Å². The van der Waals surface area contributed by atoms with Gasteiger partial charge in [-0.3, -0.25) is 0 Å². The van der Waals surface area contributed by atoms with Crippen LogP contribution in [0, 0.1) is 5.82 Å². The first kappa shape index (κ1) is 17.3. The van der Waals surface area contributed by atoms with Crippen LogP contribution in [0.3, 0.4) is 0 Å². The summed E-state index contributed by atoms with van der Waals surface area (Å²) in [6.07, 6.45) is 1.39. The van der Waals surface area contributed by atoms with Gasteiger partial charge in [-0.2, -0.15) is 0 Å². The minimum Gasteiger partial charge on any atom is -0.465 e. The molecule has 3 aromatic rings. The van der Waals surface area contributed by atoms with Crippen molar-refractivity contribution in [2.24, 2.45) is 0 Å². The van der Waals surface area contributed by atoms with Gasteiger partial charge in [0.05, 0.1) is 5.39 Å². The normalized spacial score (nSPS) is 11.5. The molecule has 3 rings (SSSR count). The van der Waals surface area contributed by atoms with Crippen LogP contribution in [0.5, 0.6) is 5.88 Å². The Morgan fingerprint density at radius 1 is 1.20 bits per heavy atom. The van der Waals surface area contributed by atoms with Crippen LogP contribution in [0.4, 0.5) is 4.39 Å². The molecule has 0 radical (unpaired) electrons. The molecule has 7 heteroatoms. The number of halogens is 1. The van der Waals surface area contributed by atoms with Crippen LogP contribution in [-0.2, 0) is 9.53 Å². The van der Waals surface area contributed by atoms with Gasteiger partial charge in [0.2, 0.25) is 5.88 Å². The van der Waals surface area contributed by atoms with Gasteiger partial charge >= 0.3 is 5.97 Å². The molecule has 2 heterocycles. The molecule has 0 aliphatic rings. The third-order valence-electron chi connectivity index (χ3n) is 3.24. The summed E-state index contributed by atoms with van der Waals surface area (Å²) in [5.74, 6) is -0.477. The van der Waals surface area contributed by atoms with Gasteiger partial charge in [0.1, 0.15) is 22.6 Å². The molecule has 0 atom stereocenters. The van der Waals surface area contributed by atoms with Gasteiger partial charge in [0.15, 0.2) is 6.61 Å². The van der Waals surface area contributed by atoms with Gasteiger partial charge in [-0.15, -0.1) is 11.3 Å². The van der Waals surface area contributed by atoms with E-state index >= 15 is 0 Å². The molecule has 25 heavy (non-hydrogen) atoms. The molecule has 0 saturated heterocycles. The molecule has 0 spiro atoms. The summed E-state index contributed by atoms with van der Waals surface area (Å²) in [5, 5.41) is 2.61. The maximum Gasteiger partial charge on any atom is 0.344 e. The first-order chi connectivity index (χ1) is 11.8. The van der Waals surface area contributed by atoms with E-state index < -0.39 is 11.6 Å². The quantitative estimate of drug-likeness (QED) is 0.652. The largest absolute Gasteiger partial charge is 0.465 e. The van der Waals surface area contributed by atoms with Crippen molar-refractivity contribution in [1.29, 1.82) is 0 Å². The number of carbonyl (C=O) groups excluding carboxylic acids is 1. The van der Waals surface area contributed by atoms with Crippen LogP contribution in [0.2, 0.25) is 0 Å². The fourth-order valence-corrected chi connectivity index (χ4v) is 3.20. The molecule has 0 N–H and O–H groups in total. The Labute approximate surface area is 148 Å². The lowest BCUT2D eigenvalue weighted by Gasteiger charge is -2.19. The van der Waals surface area contributed by atoms with Crippen LogP contribution in [0.1, 0.15) is 20.8 Å². The smallest absolute Gasteiger partial charge is 0.344 e. The molecule has 0 bridgehead atoms. The van der Waals surface area contributed by atoms with Crippen molar-refractivity contribution in [2.75, 3.05) is 6.61 Å². The third kappa shape index (κ3) is 4.11. The zero-order valence-corrected chi connectivity index (χ0v) is 14.9. The third-order valence-corrected chi connectivity index (χ3v) is 4.12. The van der Waals surface area contributed by atoms with E-state index in [2.05, 4.69) is 9.97 Å². The molecule has 0 aliphatic carbocycles. The number of fused-ring (bicyclic) bond motifs is 1. The van der Waals surface area contributed by atoms with E-state index in [-0.39, 0.29) is 12.4 Å². The fraction of sp³-hybridized carbons (Fsp3) is 0.278. The van der Waals surface area contributed by atoms with Gasteiger partial charge in [0, 0.05) is 10.9 Å². The predicted octanol–water partition coefficient (Wildman–Crippen LogP) is 4.22. The Kier molecular flexibility index (Phi) is 4.67. The second-order valence-electron chi connectivity index (χ2n) is 6.39. The van der Waals surface area contributed by atoms with Crippen LogP contribution in [0.25, 0.3) is 21.3 Å². The minimum absolute atomic E-state index is 0.248. The van der Waals surface area contributed by atoms with Crippen LogP contribution >= 0.6 is 11.3 Å². The zero-order valence-electron chi connectivity index (χ0n) is 14.1. The van der Waals surface area contributed by atoms with Crippen molar-refractivity contribution in [1.82, 2.24) is 9.97 Å². The first-order valence-electron chi connectivity index (χ1n) is 7.66. The Balaban J connectivity index is 1.90. The Hall–Kier alpha value is -2.54. The average molecular weight is 360 g/mol. The number of ether oxygens (including phenoxy) is 2. The van der Waals surface area contributed by atoms with E-state index in [1.54, 1.807) is 32.9 Å².